The number of nitrogens with zero attached hydrogens (tertiary/aromatic N) is 1. The van der Waals surface area contributed by atoms with Gasteiger partial charge in [-0.15, -0.1) is 0 Å². The molecule has 0 atom stereocenters. The van der Waals surface area contributed by atoms with E-state index in [0.717, 1.165) is 24.8 Å². The summed E-state index contributed by atoms with van der Waals surface area (Å²) in [5.41, 5.74) is 0.814. The molecule has 5 nitrogen and oxygen atoms in total. The Morgan fingerprint density at radius 2 is 1.70 bits per heavy atom. The molecule has 0 spiro atoms. The van der Waals surface area contributed by atoms with Crippen LogP contribution in [0.25, 0.3) is 0 Å². The number of carbonyl (C=O) groups is 1. The van der Waals surface area contributed by atoms with E-state index in [0.29, 0.717) is 11.6 Å². The molecule has 0 aromatic heterocycles. The molecule has 7 heteroatoms. The van der Waals surface area contributed by atoms with Gasteiger partial charge in [0.2, 0.25) is 15.9 Å². The third kappa shape index (κ3) is 6.65. The molecule has 0 bridgehead atoms. The lowest BCUT2D eigenvalue weighted by atomic mass is 10.2. The Morgan fingerprint density at radius 1 is 1.04 bits per heavy atom. The number of hydrogen-bond acceptors (Lipinski definition) is 3. The summed E-state index contributed by atoms with van der Waals surface area (Å²) in [5, 5.41) is 3.26. The monoisotopic (exact) mass is 408 g/mol. The zero-order valence-electron chi connectivity index (χ0n) is 15.4. The number of unbranched alkanes of at least 4 members (excludes halogenated alkanes) is 2. The summed E-state index contributed by atoms with van der Waals surface area (Å²) >= 11 is 5.87. The topological polar surface area (TPSA) is 66.5 Å². The van der Waals surface area contributed by atoms with Gasteiger partial charge in [-0.25, -0.2) is 8.42 Å². The van der Waals surface area contributed by atoms with E-state index in [1.54, 1.807) is 0 Å². The fourth-order valence-corrected chi connectivity index (χ4v) is 4.10. The first-order chi connectivity index (χ1) is 12.9. The first kappa shape index (κ1) is 21.4. The largest absolute Gasteiger partial charge is 0.355 e. The van der Waals surface area contributed by atoms with E-state index < -0.39 is 10.0 Å². The molecule has 0 fully saturated rings. The second-order valence-corrected chi connectivity index (χ2v) is 8.64. The normalized spacial score (nSPS) is 11.5. The Bertz CT molecular complexity index is 824. The van der Waals surface area contributed by atoms with E-state index in [-0.39, 0.29) is 23.9 Å². The van der Waals surface area contributed by atoms with Crippen LogP contribution in [-0.2, 0) is 21.4 Å². The fraction of sp³-hybridized carbons (Fsp3) is 0.350. The highest BCUT2D eigenvalue weighted by Gasteiger charge is 2.26. The van der Waals surface area contributed by atoms with E-state index in [4.69, 9.17) is 11.6 Å². The Hall–Kier alpha value is -1.89. The lowest BCUT2D eigenvalue weighted by molar-refractivity contribution is -0.121. The second kappa shape index (κ2) is 10.4. The first-order valence-corrected chi connectivity index (χ1v) is 10.8. The number of rotatable bonds is 10. The highest BCUT2D eigenvalue weighted by molar-refractivity contribution is 7.89. The predicted molar refractivity (Wildman–Crippen MR) is 108 cm³/mol. The summed E-state index contributed by atoms with van der Waals surface area (Å²) in [6, 6.07) is 15.2. The molecule has 0 unspecified atom stereocenters. The lowest BCUT2D eigenvalue weighted by Gasteiger charge is -2.22. The van der Waals surface area contributed by atoms with Gasteiger partial charge >= 0.3 is 0 Å². The van der Waals surface area contributed by atoms with E-state index in [1.165, 1.54) is 28.6 Å². The molecule has 0 heterocycles. The van der Waals surface area contributed by atoms with Crippen molar-refractivity contribution in [3.8, 4) is 0 Å². The molecule has 146 valence electrons. The van der Waals surface area contributed by atoms with Gasteiger partial charge in [-0.2, -0.15) is 4.31 Å². The standard InChI is InChI=1S/C20H25ClN2O3S/c1-2-3-7-14-22-20(24)16-23(15-17-8-5-4-6-9-17)27(25,26)19-12-10-18(21)11-13-19/h4-6,8-13H,2-3,7,14-16H2,1H3,(H,22,24). The molecule has 0 aliphatic heterocycles. The molecule has 2 rings (SSSR count). The van der Waals surface area contributed by atoms with Crippen LogP contribution >= 0.6 is 11.6 Å². The van der Waals surface area contributed by atoms with Crippen molar-refractivity contribution in [2.45, 2.75) is 37.6 Å². The van der Waals surface area contributed by atoms with Crippen LogP contribution in [0.4, 0.5) is 0 Å². The van der Waals surface area contributed by atoms with Crippen LogP contribution in [0.3, 0.4) is 0 Å². The molecule has 0 saturated heterocycles. The molecular formula is C20H25ClN2O3S. The molecular weight excluding hydrogens is 384 g/mol. The minimum absolute atomic E-state index is 0.113. The van der Waals surface area contributed by atoms with Crippen molar-refractivity contribution in [3.63, 3.8) is 0 Å². The van der Waals surface area contributed by atoms with E-state index >= 15 is 0 Å². The Kier molecular flexibility index (Phi) is 8.28. The maximum atomic E-state index is 13.1. The molecule has 1 N–H and O–H groups in total. The smallest absolute Gasteiger partial charge is 0.243 e. The highest BCUT2D eigenvalue weighted by Crippen LogP contribution is 2.20. The summed E-state index contributed by atoms with van der Waals surface area (Å²) in [5.74, 6) is -0.306. The van der Waals surface area contributed by atoms with Crippen molar-refractivity contribution in [3.05, 3.63) is 65.2 Å². The number of nitrogens with one attached hydrogen (secondary N) is 1. The summed E-state index contributed by atoms with van der Waals surface area (Å²) < 4.78 is 27.3. The number of carbonyl (C=O) groups excluding carboxylic acids is 1. The number of benzene rings is 2. The van der Waals surface area contributed by atoms with Crippen LogP contribution in [0.1, 0.15) is 31.7 Å². The van der Waals surface area contributed by atoms with Crippen molar-refractivity contribution in [2.75, 3.05) is 13.1 Å². The van der Waals surface area contributed by atoms with Crippen LogP contribution in [0.5, 0.6) is 0 Å². The fourth-order valence-electron chi connectivity index (χ4n) is 2.59. The number of halogens is 1. The van der Waals surface area contributed by atoms with Gasteiger partial charge in [0.05, 0.1) is 11.4 Å². The predicted octanol–water partition coefficient (Wildman–Crippen LogP) is 3.84. The molecule has 1 amide bonds. The lowest BCUT2D eigenvalue weighted by Crippen LogP contribution is -2.40. The zero-order chi connectivity index (χ0) is 19.7. The van der Waals surface area contributed by atoms with Gasteiger partial charge in [-0.05, 0) is 36.2 Å². The zero-order valence-corrected chi connectivity index (χ0v) is 17.0. The van der Waals surface area contributed by atoms with Gasteiger partial charge in [-0.1, -0.05) is 61.7 Å². The summed E-state index contributed by atoms with van der Waals surface area (Å²) in [7, 11) is -3.83. The van der Waals surface area contributed by atoms with Crippen LogP contribution in [-0.4, -0.2) is 31.7 Å². The molecule has 2 aromatic rings. The molecule has 0 aliphatic carbocycles. The van der Waals surface area contributed by atoms with Crippen molar-refractivity contribution in [1.82, 2.24) is 9.62 Å². The van der Waals surface area contributed by atoms with E-state index in [9.17, 15) is 13.2 Å². The van der Waals surface area contributed by atoms with E-state index in [1.807, 2.05) is 30.3 Å². The van der Waals surface area contributed by atoms with Crippen LogP contribution in [0, 0.1) is 0 Å². The van der Waals surface area contributed by atoms with Crippen molar-refractivity contribution in [2.24, 2.45) is 0 Å². The van der Waals surface area contributed by atoms with Crippen LogP contribution in [0.15, 0.2) is 59.5 Å². The van der Waals surface area contributed by atoms with Gasteiger partial charge in [-0.3, -0.25) is 4.79 Å². The second-order valence-electron chi connectivity index (χ2n) is 6.27. The minimum atomic E-state index is -3.83. The van der Waals surface area contributed by atoms with Gasteiger partial charge in [0.1, 0.15) is 0 Å². The molecule has 0 saturated carbocycles. The summed E-state index contributed by atoms with van der Waals surface area (Å²) in [6.45, 7) is 2.52. The average molecular weight is 409 g/mol. The Balaban J connectivity index is 2.18. The number of amides is 1. The van der Waals surface area contributed by atoms with Crippen molar-refractivity contribution < 1.29 is 13.2 Å². The minimum Gasteiger partial charge on any atom is -0.355 e. The van der Waals surface area contributed by atoms with Gasteiger partial charge in [0.25, 0.3) is 0 Å². The van der Waals surface area contributed by atoms with Crippen LogP contribution in [0.2, 0.25) is 5.02 Å². The Labute approximate surface area is 166 Å². The number of sulfonamides is 1. The third-order valence-corrected chi connectivity index (χ3v) is 6.13. The maximum absolute atomic E-state index is 13.1. The first-order valence-electron chi connectivity index (χ1n) is 9.00. The molecule has 2 aromatic carbocycles. The SMILES string of the molecule is CCCCCNC(=O)CN(Cc1ccccc1)S(=O)(=O)c1ccc(Cl)cc1. The van der Waals surface area contributed by atoms with Gasteiger partial charge in [0.15, 0.2) is 0 Å². The molecule has 0 radical (unpaired) electrons. The van der Waals surface area contributed by atoms with E-state index in [2.05, 4.69) is 12.2 Å². The van der Waals surface area contributed by atoms with Crippen molar-refractivity contribution >= 4 is 27.5 Å². The van der Waals surface area contributed by atoms with Crippen LogP contribution < -0.4 is 5.32 Å². The quantitative estimate of drug-likeness (QED) is 0.607. The maximum Gasteiger partial charge on any atom is 0.243 e. The van der Waals surface area contributed by atoms with Gasteiger partial charge in [0, 0.05) is 18.1 Å². The highest BCUT2D eigenvalue weighted by atomic mass is 35.5. The number of hydrogen-bond donors (Lipinski definition) is 1. The Morgan fingerprint density at radius 3 is 2.33 bits per heavy atom. The van der Waals surface area contributed by atoms with Gasteiger partial charge < -0.3 is 5.32 Å². The third-order valence-electron chi connectivity index (χ3n) is 4.08. The molecule has 27 heavy (non-hydrogen) atoms. The van der Waals surface area contributed by atoms with Crippen molar-refractivity contribution in [1.29, 1.82) is 0 Å². The average Bonchev–Trinajstić information content (AvgIpc) is 2.66. The molecule has 0 aliphatic rings. The summed E-state index contributed by atoms with van der Waals surface area (Å²) in [4.78, 5) is 12.4. The summed E-state index contributed by atoms with van der Waals surface area (Å²) in [6.07, 6.45) is 2.96.